The summed E-state index contributed by atoms with van der Waals surface area (Å²) in [5, 5.41) is 9.13. The van der Waals surface area contributed by atoms with E-state index in [0.717, 1.165) is 9.87 Å². The highest BCUT2D eigenvalue weighted by molar-refractivity contribution is 7.89. The maximum absolute atomic E-state index is 13.2. The highest BCUT2D eigenvalue weighted by atomic mass is 35.5. The molecule has 0 heterocycles. The van der Waals surface area contributed by atoms with Gasteiger partial charge in [0.1, 0.15) is 0 Å². The summed E-state index contributed by atoms with van der Waals surface area (Å²) >= 11 is 6.22. The Morgan fingerprint density at radius 3 is 2.29 bits per heavy atom. The Bertz CT molecular complexity index is 1010. The van der Waals surface area contributed by atoms with Crippen LogP contribution < -0.4 is 0 Å². The maximum Gasteiger partial charge on any atom is 0.255 e. The molecule has 148 valence electrons. The van der Waals surface area contributed by atoms with E-state index in [-0.39, 0.29) is 27.4 Å². The van der Waals surface area contributed by atoms with Gasteiger partial charge in [0.05, 0.1) is 33.2 Å². The lowest BCUT2D eigenvalue weighted by Gasteiger charge is -2.29. The van der Waals surface area contributed by atoms with Crippen LogP contribution in [-0.2, 0) is 10.0 Å². The molecule has 0 aliphatic heterocycles. The zero-order valence-electron chi connectivity index (χ0n) is 16.2. The standard InChI is InChI=1S/C20H22ClN3O3S/c1-5-24(14(2)16-8-6-15(13-22)7-9-16)20(25)18-12-17(10-11-19(18)21)28(26,27)23(3)4/h6-12,14H,5H2,1-4H3. The number of carbonyl (C=O) groups excluding carboxylic acids is 1. The first-order valence-electron chi connectivity index (χ1n) is 8.66. The minimum absolute atomic E-state index is 0.00679. The summed E-state index contributed by atoms with van der Waals surface area (Å²) in [7, 11) is -0.834. The summed E-state index contributed by atoms with van der Waals surface area (Å²) < 4.78 is 25.9. The van der Waals surface area contributed by atoms with Crippen molar-refractivity contribution < 1.29 is 13.2 Å². The lowest BCUT2D eigenvalue weighted by molar-refractivity contribution is 0.0702. The molecule has 0 N–H and O–H groups in total. The predicted octanol–water partition coefficient (Wildman–Crippen LogP) is 3.69. The third-order valence-corrected chi connectivity index (χ3v) is 6.68. The van der Waals surface area contributed by atoms with Crippen molar-refractivity contribution in [1.82, 2.24) is 9.21 Å². The molecular weight excluding hydrogens is 398 g/mol. The zero-order valence-corrected chi connectivity index (χ0v) is 17.8. The summed E-state index contributed by atoms with van der Waals surface area (Å²) in [6.07, 6.45) is 0. The Hall–Kier alpha value is -2.40. The maximum atomic E-state index is 13.2. The van der Waals surface area contributed by atoms with E-state index in [1.165, 1.54) is 32.3 Å². The lowest BCUT2D eigenvalue weighted by atomic mass is 10.0. The predicted molar refractivity (Wildman–Crippen MR) is 109 cm³/mol. The number of benzene rings is 2. The highest BCUT2D eigenvalue weighted by Crippen LogP contribution is 2.27. The molecule has 8 heteroatoms. The minimum Gasteiger partial charge on any atom is -0.332 e. The highest BCUT2D eigenvalue weighted by Gasteiger charge is 2.26. The van der Waals surface area contributed by atoms with Gasteiger partial charge in [-0.2, -0.15) is 5.26 Å². The number of hydrogen-bond acceptors (Lipinski definition) is 4. The van der Waals surface area contributed by atoms with Crippen LogP contribution in [-0.4, -0.2) is 44.2 Å². The second-order valence-corrected chi connectivity index (χ2v) is 8.99. The van der Waals surface area contributed by atoms with Gasteiger partial charge in [0.15, 0.2) is 0 Å². The van der Waals surface area contributed by atoms with Gasteiger partial charge in [0.2, 0.25) is 10.0 Å². The van der Waals surface area contributed by atoms with Crippen LogP contribution in [0.15, 0.2) is 47.4 Å². The van der Waals surface area contributed by atoms with Gasteiger partial charge in [0, 0.05) is 20.6 Å². The Kier molecular flexibility index (Phi) is 6.83. The Balaban J connectivity index is 2.43. The number of sulfonamides is 1. The first-order chi connectivity index (χ1) is 13.1. The molecule has 2 rings (SSSR count). The zero-order chi connectivity index (χ0) is 21.1. The average molecular weight is 420 g/mol. The molecule has 0 bridgehead atoms. The topological polar surface area (TPSA) is 81.5 Å². The van der Waals surface area contributed by atoms with Crippen LogP contribution in [0.2, 0.25) is 5.02 Å². The fourth-order valence-electron chi connectivity index (χ4n) is 2.80. The smallest absolute Gasteiger partial charge is 0.255 e. The summed E-state index contributed by atoms with van der Waals surface area (Å²) in [4.78, 5) is 14.8. The SMILES string of the molecule is CCN(C(=O)c1cc(S(=O)(=O)N(C)C)ccc1Cl)C(C)c1ccc(C#N)cc1. The van der Waals surface area contributed by atoms with Crippen molar-refractivity contribution in [1.29, 1.82) is 5.26 Å². The molecule has 0 aliphatic rings. The molecule has 0 fully saturated rings. The van der Waals surface area contributed by atoms with Crippen molar-refractivity contribution in [3.63, 3.8) is 0 Å². The quantitative estimate of drug-likeness (QED) is 0.715. The first kappa shape index (κ1) is 21.9. The number of rotatable bonds is 6. The molecular formula is C20H22ClN3O3S. The molecule has 2 aromatic rings. The van der Waals surface area contributed by atoms with Gasteiger partial charge >= 0.3 is 0 Å². The molecule has 0 saturated heterocycles. The van der Waals surface area contributed by atoms with Gasteiger partial charge in [0.25, 0.3) is 5.91 Å². The van der Waals surface area contributed by atoms with Gasteiger partial charge in [-0.1, -0.05) is 23.7 Å². The number of amides is 1. The molecule has 0 radical (unpaired) electrons. The molecule has 1 unspecified atom stereocenters. The molecule has 0 saturated carbocycles. The minimum atomic E-state index is -3.69. The first-order valence-corrected chi connectivity index (χ1v) is 10.5. The van der Waals surface area contributed by atoms with E-state index in [9.17, 15) is 13.2 Å². The molecule has 28 heavy (non-hydrogen) atoms. The van der Waals surface area contributed by atoms with Gasteiger partial charge in [-0.05, 0) is 49.7 Å². The van der Waals surface area contributed by atoms with Gasteiger partial charge in [-0.15, -0.1) is 0 Å². The molecule has 0 spiro atoms. The number of hydrogen-bond donors (Lipinski definition) is 0. The third kappa shape index (κ3) is 4.36. The molecule has 0 aromatic heterocycles. The second kappa shape index (κ2) is 8.74. The molecule has 0 aliphatic carbocycles. The van der Waals surface area contributed by atoms with Crippen LogP contribution in [0.3, 0.4) is 0 Å². The van der Waals surface area contributed by atoms with Crippen molar-refractivity contribution in [3.8, 4) is 6.07 Å². The fraction of sp³-hybridized carbons (Fsp3) is 0.300. The van der Waals surface area contributed by atoms with Gasteiger partial charge in [-0.25, -0.2) is 12.7 Å². The average Bonchev–Trinajstić information content (AvgIpc) is 2.68. The number of nitriles is 1. The molecule has 2 aromatic carbocycles. The van der Waals surface area contributed by atoms with Gasteiger partial charge < -0.3 is 4.90 Å². The summed E-state index contributed by atoms with van der Waals surface area (Å²) in [6.45, 7) is 4.12. The van der Waals surface area contributed by atoms with Crippen LogP contribution in [0.5, 0.6) is 0 Å². The number of carbonyl (C=O) groups is 1. The van der Waals surface area contributed by atoms with Crippen LogP contribution in [0.1, 0.15) is 41.4 Å². The molecule has 6 nitrogen and oxygen atoms in total. The lowest BCUT2D eigenvalue weighted by Crippen LogP contribution is -2.34. The third-order valence-electron chi connectivity index (χ3n) is 4.54. The largest absolute Gasteiger partial charge is 0.332 e. The van der Waals surface area contributed by atoms with E-state index >= 15 is 0 Å². The van der Waals surface area contributed by atoms with Crippen LogP contribution in [0.4, 0.5) is 0 Å². The summed E-state index contributed by atoms with van der Waals surface area (Å²) in [5.74, 6) is -0.361. The van der Waals surface area contributed by atoms with E-state index in [0.29, 0.717) is 12.1 Å². The number of nitrogens with zero attached hydrogens (tertiary/aromatic N) is 3. The van der Waals surface area contributed by atoms with E-state index in [1.54, 1.807) is 29.2 Å². The van der Waals surface area contributed by atoms with Crippen LogP contribution >= 0.6 is 11.6 Å². The monoisotopic (exact) mass is 419 g/mol. The fourth-order valence-corrected chi connectivity index (χ4v) is 3.93. The van der Waals surface area contributed by atoms with E-state index in [4.69, 9.17) is 16.9 Å². The van der Waals surface area contributed by atoms with Crippen molar-refractivity contribution in [2.75, 3.05) is 20.6 Å². The van der Waals surface area contributed by atoms with Crippen LogP contribution in [0.25, 0.3) is 0 Å². The van der Waals surface area contributed by atoms with Crippen molar-refractivity contribution >= 4 is 27.5 Å². The molecule has 1 amide bonds. The van der Waals surface area contributed by atoms with E-state index in [1.807, 2.05) is 13.8 Å². The Labute approximate surface area is 171 Å². The van der Waals surface area contributed by atoms with Crippen molar-refractivity contribution in [3.05, 3.63) is 64.2 Å². The van der Waals surface area contributed by atoms with Crippen molar-refractivity contribution in [2.24, 2.45) is 0 Å². The Morgan fingerprint density at radius 2 is 1.79 bits per heavy atom. The Morgan fingerprint density at radius 1 is 1.18 bits per heavy atom. The van der Waals surface area contributed by atoms with E-state index in [2.05, 4.69) is 6.07 Å². The normalized spacial score (nSPS) is 12.5. The summed E-state index contributed by atoms with van der Waals surface area (Å²) in [5.41, 5.74) is 1.53. The van der Waals surface area contributed by atoms with Gasteiger partial charge in [-0.3, -0.25) is 4.79 Å². The molecule has 1 atom stereocenters. The summed E-state index contributed by atoms with van der Waals surface area (Å²) in [6, 6.07) is 12.9. The van der Waals surface area contributed by atoms with E-state index < -0.39 is 10.0 Å². The van der Waals surface area contributed by atoms with Crippen molar-refractivity contribution in [2.45, 2.75) is 24.8 Å². The second-order valence-electron chi connectivity index (χ2n) is 6.43. The number of halogens is 1. The van der Waals surface area contributed by atoms with Crippen LogP contribution in [0, 0.1) is 11.3 Å².